The number of aromatic nitrogens is 2. The second kappa shape index (κ2) is 7.20. The van der Waals surface area contributed by atoms with Crippen LogP contribution in [0.5, 0.6) is 5.75 Å². The lowest BCUT2D eigenvalue weighted by molar-refractivity contribution is 0.102. The Labute approximate surface area is 163 Å². The number of anilines is 1. The molecule has 0 saturated carbocycles. The van der Waals surface area contributed by atoms with Gasteiger partial charge in [-0.2, -0.15) is 0 Å². The molecule has 134 valence electrons. The summed E-state index contributed by atoms with van der Waals surface area (Å²) >= 11 is 3.39. The second-order valence-corrected chi connectivity index (χ2v) is 6.69. The number of halogens is 1. The van der Waals surface area contributed by atoms with Gasteiger partial charge in [-0.05, 0) is 64.5 Å². The van der Waals surface area contributed by atoms with E-state index in [9.17, 15) is 4.79 Å². The molecule has 2 aromatic heterocycles. The van der Waals surface area contributed by atoms with Gasteiger partial charge in [0.15, 0.2) is 5.58 Å². The van der Waals surface area contributed by atoms with Crippen molar-refractivity contribution in [3.8, 4) is 17.2 Å². The zero-order valence-corrected chi connectivity index (χ0v) is 15.9. The lowest BCUT2D eigenvalue weighted by Crippen LogP contribution is -2.11. The number of amides is 1. The van der Waals surface area contributed by atoms with Gasteiger partial charge in [0.05, 0.1) is 12.7 Å². The predicted molar refractivity (Wildman–Crippen MR) is 106 cm³/mol. The molecule has 2 heterocycles. The predicted octanol–water partition coefficient (Wildman–Crippen LogP) is 4.91. The highest BCUT2D eigenvalue weighted by Crippen LogP contribution is 2.27. The van der Waals surface area contributed by atoms with Crippen molar-refractivity contribution in [1.82, 2.24) is 9.97 Å². The molecule has 0 spiro atoms. The first-order chi connectivity index (χ1) is 13.1. The van der Waals surface area contributed by atoms with E-state index in [4.69, 9.17) is 9.15 Å². The van der Waals surface area contributed by atoms with Crippen molar-refractivity contribution in [2.45, 2.75) is 0 Å². The van der Waals surface area contributed by atoms with Crippen molar-refractivity contribution in [2.24, 2.45) is 0 Å². The summed E-state index contributed by atoms with van der Waals surface area (Å²) in [7, 11) is 1.58. The number of hydrogen-bond donors (Lipinski definition) is 1. The number of carbonyl (C=O) groups is 1. The lowest BCUT2D eigenvalue weighted by Gasteiger charge is -2.06. The highest BCUT2D eigenvalue weighted by atomic mass is 79.9. The monoisotopic (exact) mass is 423 g/mol. The molecule has 2 aromatic carbocycles. The molecule has 0 saturated heterocycles. The fourth-order valence-corrected chi connectivity index (χ4v) is 2.97. The first-order valence-electron chi connectivity index (χ1n) is 8.09. The molecule has 7 heteroatoms. The molecule has 0 aliphatic carbocycles. The summed E-state index contributed by atoms with van der Waals surface area (Å²) in [6.45, 7) is 0. The highest BCUT2D eigenvalue weighted by Gasteiger charge is 2.11. The van der Waals surface area contributed by atoms with Crippen LogP contribution in [0.15, 0.2) is 69.8 Å². The number of benzene rings is 2. The molecule has 1 N–H and O–H groups in total. The van der Waals surface area contributed by atoms with E-state index in [1.54, 1.807) is 62.0 Å². The van der Waals surface area contributed by atoms with E-state index in [2.05, 4.69) is 31.2 Å². The summed E-state index contributed by atoms with van der Waals surface area (Å²) in [5.74, 6) is 0.958. The standard InChI is InChI=1S/C20H14BrN3O3/c1-26-16-5-2-12(3-6-16)19(25)23-15-4-7-18-17(9-15)24-20(27-18)13-8-14(21)11-22-10-13/h2-11H,1H3,(H,23,25). The Kier molecular flexibility index (Phi) is 4.60. The average molecular weight is 424 g/mol. The normalized spacial score (nSPS) is 10.7. The number of carbonyl (C=O) groups excluding carboxylic acids is 1. The van der Waals surface area contributed by atoms with E-state index in [0.717, 1.165) is 10.0 Å². The summed E-state index contributed by atoms with van der Waals surface area (Å²) in [6, 6.07) is 14.1. The second-order valence-electron chi connectivity index (χ2n) is 5.78. The number of nitrogens with zero attached hydrogens (tertiary/aromatic N) is 2. The van der Waals surface area contributed by atoms with E-state index in [0.29, 0.717) is 34.0 Å². The number of pyridine rings is 1. The molecule has 0 aliphatic rings. The van der Waals surface area contributed by atoms with Crippen molar-refractivity contribution in [3.05, 3.63) is 71.0 Å². The van der Waals surface area contributed by atoms with Crippen LogP contribution in [-0.4, -0.2) is 23.0 Å². The van der Waals surface area contributed by atoms with E-state index in [1.807, 2.05) is 6.07 Å². The Morgan fingerprint density at radius 3 is 2.67 bits per heavy atom. The molecule has 1 amide bonds. The first-order valence-corrected chi connectivity index (χ1v) is 8.88. The average Bonchev–Trinajstić information content (AvgIpc) is 3.11. The zero-order chi connectivity index (χ0) is 18.8. The van der Waals surface area contributed by atoms with Crippen molar-refractivity contribution in [2.75, 3.05) is 12.4 Å². The summed E-state index contributed by atoms with van der Waals surface area (Å²) in [5.41, 5.74) is 3.22. The fourth-order valence-electron chi connectivity index (χ4n) is 2.60. The van der Waals surface area contributed by atoms with Gasteiger partial charge in [0.25, 0.3) is 5.91 Å². The molecule has 27 heavy (non-hydrogen) atoms. The number of hydrogen-bond acceptors (Lipinski definition) is 5. The number of methoxy groups -OCH3 is 1. The molecular weight excluding hydrogens is 410 g/mol. The Morgan fingerprint density at radius 2 is 1.93 bits per heavy atom. The maximum atomic E-state index is 12.4. The quantitative estimate of drug-likeness (QED) is 0.504. The van der Waals surface area contributed by atoms with Crippen LogP contribution in [0.25, 0.3) is 22.6 Å². The molecule has 0 aliphatic heterocycles. The molecule has 0 unspecified atom stereocenters. The van der Waals surface area contributed by atoms with Gasteiger partial charge >= 0.3 is 0 Å². The summed E-state index contributed by atoms with van der Waals surface area (Å²) in [6.07, 6.45) is 3.38. The minimum Gasteiger partial charge on any atom is -0.497 e. The SMILES string of the molecule is COc1ccc(C(=O)Nc2ccc3oc(-c4cncc(Br)c4)nc3c2)cc1. The number of rotatable bonds is 4. The van der Waals surface area contributed by atoms with E-state index < -0.39 is 0 Å². The molecular formula is C20H14BrN3O3. The molecule has 0 radical (unpaired) electrons. The van der Waals surface area contributed by atoms with Crippen LogP contribution in [0, 0.1) is 0 Å². The van der Waals surface area contributed by atoms with Crippen molar-refractivity contribution in [1.29, 1.82) is 0 Å². The van der Waals surface area contributed by atoms with Gasteiger partial charge in [-0.25, -0.2) is 4.98 Å². The van der Waals surface area contributed by atoms with Gasteiger partial charge in [0.1, 0.15) is 11.3 Å². The summed E-state index contributed by atoms with van der Waals surface area (Å²) in [4.78, 5) is 21.0. The van der Waals surface area contributed by atoms with E-state index in [-0.39, 0.29) is 5.91 Å². The first kappa shape index (κ1) is 17.2. The Morgan fingerprint density at radius 1 is 1.11 bits per heavy atom. The Hall–Kier alpha value is -3.19. The largest absolute Gasteiger partial charge is 0.497 e. The Balaban J connectivity index is 1.58. The summed E-state index contributed by atoms with van der Waals surface area (Å²) < 4.78 is 11.7. The van der Waals surface area contributed by atoms with Gasteiger partial charge in [-0.3, -0.25) is 9.78 Å². The number of nitrogens with one attached hydrogen (secondary N) is 1. The third-order valence-corrected chi connectivity index (χ3v) is 4.38. The maximum Gasteiger partial charge on any atom is 0.255 e. The topological polar surface area (TPSA) is 77.2 Å². The fraction of sp³-hybridized carbons (Fsp3) is 0.0500. The molecule has 6 nitrogen and oxygen atoms in total. The molecule has 4 aromatic rings. The number of oxazole rings is 1. The number of ether oxygens (including phenoxy) is 1. The number of fused-ring (bicyclic) bond motifs is 1. The maximum absolute atomic E-state index is 12.4. The Bertz CT molecular complexity index is 1120. The van der Waals surface area contributed by atoms with Crippen LogP contribution in [0.2, 0.25) is 0 Å². The van der Waals surface area contributed by atoms with Gasteiger partial charge in [0.2, 0.25) is 5.89 Å². The van der Waals surface area contributed by atoms with Gasteiger partial charge < -0.3 is 14.5 Å². The van der Waals surface area contributed by atoms with Crippen molar-refractivity contribution in [3.63, 3.8) is 0 Å². The van der Waals surface area contributed by atoms with Crippen LogP contribution in [-0.2, 0) is 0 Å². The van der Waals surface area contributed by atoms with Crippen molar-refractivity contribution < 1.29 is 13.9 Å². The van der Waals surface area contributed by atoms with Crippen molar-refractivity contribution >= 4 is 38.6 Å². The van der Waals surface area contributed by atoms with Crippen LogP contribution in [0.1, 0.15) is 10.4 Å². The molecule has 4 rings (SSSR count). The lowest BCUT2D eigenvalue weighted by atomic mass is 10.2. The van der Waals surface area contributed by atoms with Crippen LogP contribution in [0.4, 0.5) is 5.69 Å². The minimum atomic E-state index is -0.211. The highest BCUT2D eigenvalue weighted by molar-refractivity contribution is 9.10. The van der Waals surface area contributed by atoms with Crippen LogP contribution >= 0.6 is 15.9 Å². The van der Waals surface area contributed by atoms with Crippen LogP contribution < -0.4 is 10.1 Å². The van der Waals surface area contributed by atoms with Gasteiger partial charge in [-0.15, -0.1) is 0 Å². The third-order valence-electron chi connectivity index (χ3n) is 3.95. The summed E-state index contributed by atoms with van der Waals surface area (Å²) in [5, 5.41) is 2.86. The zero-order valence-electron chi connectivity index (χ0n) is 14.3. The smallest absolute Gasteiger partial charge is 0.255 e. The van der Waals surface area contributed by atoms with Gasteiger partial charge in [0, 0.05) is 28.1 Å². The third kappa shape index (κ3) is 3.68. The minimum absolute atomic E-state index is 0.211. The van der Waals surface area contributed by atoms with Gasteiger partial charge in [-0.1, -0.05) is 0 Å². The van der Waals surface area contributed by atoms with Crippen LogP contribution in [0.3, 0.4) is 0 Å². The molecule has 0 atom stereocenters. The van der Waals surface area contributed by atoms with E-state index >= 15 is 0 Å². The molecule has 0 fully saturated rings. The van der Waals surface area contributed by atoms with E-state index in [1.165, 1.54) is 0 Å². The molecule has 0 bridgehead atoms.